The monoisotopic (exact) mass is 412 g/mol. The van der Waals surface area contributed by atoms with Crippen LogP contribution in [-0.4, -0.2) is 35.4 Å². The van der Waals surface area contributed by atoms with Gasteiger partial charge in [0, 0.05) is 5.56 Å². The van der Waals surface area contributed by atoms with E-state index in [2.05, 4.69) is 0 Å². The second-order valence-electron chi connectivity index (χ2n) is 8.74. The predicted octanol–water partition coefficient (Wildman–Crippen LogP) is 4.98. The number of aliphatic carboxylic acids is 2. The van der Waals surface area contributed by atoms with Crippen LogP contribution in [0, 0.1) is 30.5 Å². The highest BCUT2D eigenvalue weighted by atomic mass is 19.1. The van der Waals surface area contributed by atoms with Crippen molar-refractivity contribution in [2.45, 2.75) is 67.2 Å². The molecule has 0 aliphatic carbocycles. The van der Waals surface area contributed by atoms with Crippen LogP contribution in [0.15, 0.2) is 6.07 Å². The van der Waals surface area contributed by atoms with Crippen molar-refractivity contribution in [3.63, 3.8) is 0 Å². The number of hydrogen-bond donors (Lipinski definition) is 2. The molecular formula is C22H33FO6. The summed E-state index contributed by atoms with van der Waals surface area (Å²) in [5.74, 6) is -1.68. The van der Waals surface area contributed by atoms with E-state index >= 15 is 0 Å². The van der Waals surface area contributed by atoms with Gasteiger partial charge in [0.15, 0.2) is 11.6 Å². The lowest BCUT2D eigenvalue weighted by atomic mass is 9.88. The highest BCUT2D eigenvalue weighted by Gasteiger charge is 2.27. The summed E-state index contributed by atoms with van der Waals surface area (Å²) in [6.45, 7) is 10.5. The standard InChI is InChI=1S/C22H33FO6/c1-14-13-16(28-11-7-9-21(3,4)19(24)25)17(23)15(2)18(14)29-12-8-10-22(5,6)20(26)27/h13H,7-12H2,1-6H3,(H,24,25)(H,26,27). The summed E-state index contributed by atoms with van der Waals surface area (Å²) >= 11 is 0. The predicted molar refractivity (Wildman–Crippen MR) is 108 cm³/mol. The highest BCUT2D eigenvalue weighted by Crippen LogP contribution is 2.33. The van der Waals surface area contributed by atoms with Gasteiger partial charge < -0.3 is 19.7 Å². The summed E-state index contributed by atoms with van der Waals surface area (Å²) in [5, 5.41) is 18.3. The minimum atomic E-state index is -0.872. The number of halogens is 1. The number of carboxylic acids is 2. The molecular weight excluding hydrogens is 379 g/mol. The molecule has 29 heavy (non-hydrogen) atoms. The third-order valence-corrected chi connectivity index (χ3v) is 5.15. The summed E-state index contributed by atoms with van der Waals surface area (Å²) in [4.78, 5) is 22.3. The molecule has 0 bridgehead atoms. The number of rotatable bonds is 12. The van der Waals surface area contributed by atoms with E-state index in [1.54, 1.807) is 47.6 Å². The molecule has 0 amide bonds. The third-order valence-electron chi connectivity index (χ3n) is 5.15. The van der Waals surface area contributed by atoms with Crippen LogP contribution >= 0.6 is 0 Å². The largest absolute Gasteiger partial charge is 0.493 e. The van der Waals surface area contributed by atoms with Gasteiger partial charge in [-0.3, -0.25) is 9.59 Å². The number of carbonyl (C=O) groups is 2. The van der Waals surface area contributed by atoms with E-state index in [0.29, 0.717) is 43.6 Å². The Morgan fingerprint density at radius 3 is 1.83 bits per heavy atom. The first-order chi connectivity index (χ1) is 13.3. The molecule has 1 aromatic rings. The molecule has 0 radical (unpaired) electrons. The fourth-order valence-corrected chi connectivity index (χ4v) is 2.83. The molecule has 0 saturated carbocycles. The van der Waals surface area contributed by atoms with Gasteiger partial charge in [-0.25, -0.2) is 4.39 Å². The second-order valence-corrected chi connectivity index (χ2v) is 8.74. The molecule has 2 N–H and O–H groups in total. The summed E-state index contributed by atoms with van der Waals surface area (Å²) < 4.78 is 25.9. The lowest BCUT2D eigenvalue weighted by Gasteiger charge is -2.20. The van der Waals surface area contributed by atoms with Gasteiger partial charge in [-0.2, -0.15) is 0 Å². The molecule has 0 spiro atoms. The molecule has 0 aliphatic heterocycles. The molecule has 0 atom stereocenters. The van der Waals surface area contributed by atoms with E-state index in [0.717, 1.165) is 5.56 Å². The molecule has 1 aromatic carbocycles. The maximum Gasteiger partial charge on any atom is 0.309 e. The van der Waals surface area contributed by atoms with Crippen molar-refractivity contribution in [2.75, 3.05) is 13.2 Å². The molecule has 0 heterocycles. The number of benzene rings is 1. The van der Waals surface area contributed by atoms with Crippen LogP contribution in [0.1, 0.15) is 64.5 Å². The van der Waals surface area contributed by atoms with Gasteiger partial charge in [0.05, 0.1) is 24.0 Å². The van der Waals surface area contributed by atoms with Crippen molar-refractivity contribution in [2.24, 2.45) is 10.8 Å². The number of hydrogen-bond acceptors (Lipinski definition) is 4. The van der Waals surface area contributed by atoms with E-state index in [9.17, 15) is 14.0 Å². The Hall–Kier alpha value is -2.31. The highest BCUT2D eigenvalue weighted by molar-refractivity contribution is 5.73. The fraction of sp³-hybridized carbons (Fsp3) is 0.636. The van der Waals surface area contributed by atoms with Crippen LogP contribution in [0.25, 0.3) is 0 Å². The molecule has 0 aromatic heterocycles. The van der Waals surface area contributed by atoms with Crippen molar-refractivity contribution >= 4 is 11.9 Å². The smallest absolute Gasteiger partial charge is 0.309 e. The maximum absolute atomic E-state index is 14.7. The minimum Gasteiger partial charge on any atom is -0.493 e. The Morgan fingerprint density at radius 2 is 1.38 bits per heavy atom. The van der Waals surface area contributed by atoms with Gasteiger partial charge in [-0.1, -0.05) is 0 Å². The average Bonchev–Trinajstić information content (AvgIpc) is 2.61. The van der Waals surface area contributed by atoms with Gasteiger partial charge in [0.2, 0.25) is 0 Å². The number of carboxylic acid groups (broad SMARTS) is 2. The van der Waals surface area contributed by atoms with E-state index in [1.807, 2.05) is 0 Å². The molecule has 7 heteroatoms. The zero-order valence-electron chi connectivity index (χ0n) is 18.2. The average molecular weight is 412 g/mol. The van der Waals surface area contributed by atoms with Crippen molar-refractivity contribution in [3.8, 4) is 11.5 Å². The fourth-order valence-electron chi connectivity index (χ4n) is 2.83. The molecule has 1 rings (SSSR count). The lowest BCUT2D eigenvalue weighted by molar-refractivity contribution is -0.148. The zero-order chi connectivity index (χ0) is 22.4. The third kappa shape index (κ3) is 6.91. The Morgan fingerprint density at radius 1 is 0.931 bits per heavy atom. The Bertz CT molecular complexity index is 739. The molecule has 0 fully saturated rings. The molecule has 0 unspecified atom stereocenters. The van der Waals surface area contributed by atoms with Gasteiger partial charge >= 0.3 is 11.9 Å². The Balaban J connectivity index is 2.66. The second kappa shape index (κ2) is 9.94. The first-order valence-electron chi connectivity index (χ1n) is 9.81. The van der Waals surface area contributed by atoms with Gasteiger partial charge in [0.1, 0.15) is 5.75 Å². The van der Waals surface area contributed by atoms with E-state index in [-0.39, 0.29) is 12.4 Å². The van der Waals surface area contributed by atoms with Crippen molar-refractivity contribution in [1.29, 1.82) is 0 Å². The Kier molecular flexibility index (Phi) is 8.48. The normalized spacial score (nSPS) is 12.0. The van der Waals surface area contributed by atoms with E-state index < -0.39 is 28.6 Å². The topological polar surface area (TPSA) is 93.1 Å². The van der Waals surface area contributed by atoms with Gasteiger partial charge in [-0.05, 0) is 78.9 Å². The molecule has 0 saturated heterocycles. The van der Waals surface area contributed by atoms with Gasteiger partial charge in [0.25, 0.3) is 0 Å². The summed E-state index contributed by atoms with van der Waals surface area (Å²) in [6, 6.07) is 1.57. The number of aryl methyl sites for hydroxylation is 1. The van der Waals surface area contributed by atoms with Crippen molar-refractivity contribution in [3.05, 3.63) is 23.0 Å². The molecule has 0 aliphatic rings. The van der Waals surface area contributed by atoms with Crippen LogP contribution in [0.3, 0.4) is 0 Å². The first-order valence-corrected chi connectivity index (χ1v) is 9.81. The van der Waals surface area contributed by atoms with Crippen LogP contribution < -0.4 is 9.47 Å². The summed E-state index contributed by atoms with van der Waals surface area (Å²) in [6.07, 6.45) is 1.92. The SMILES string of the molecule is Cc1cc(OCCCC(C)(C)C(=O)O)c(F)c(C)c1OCCCC(C)(C)C(=O)O. The van der Waals surface area contributed by atoms with Crippen molar-refractivity contribution in [1.82, 2.24) is 0 Å². The van der Waals surface area contributed by atoms with Gasteiger partial charge in [-0.15, -0.1) is 0 Å². The van der Waals surface area contributed by atoms with Crippen LogP contribution in [0.2, 0.25) is 0 Å². The summed E-state index contributed by atoms with van der Waals surface area (Å²) in [7, 11) is 0. The first kappa shape index (κ1) is 24.7. The van der Waals surface area contributed by atoms with Crippen LogP contribution in [0.5, 0.6) is 11.5 Å². The van der Waals surface area contributed by atoms with Crippen molar-refractivity contribution < 1.29 is 33.7 Å². The van der Waals surface area contributed by atoms with Crippen LogP contribution in [-0.2, 0) is 9.59 Å². The van der Waals surface area contributed by atoms with E-state index in [1.165, 1.54) is 0 Å². The quantitative estimate of drug-likeness (QED) is 0.470. The molecule has 6 nitrogen and oxygen atoms in total. The molecule has 164 valence electrons. The lowest BCUT2D eigenvalue weighted by Crippen LogP contribution is -2.24. The maximum atomic E-state index is 14.7. The minimum absolute atomic E-state index is 0.118. The van der Waals surface area contributed by atoms with E-state index in [4.69, 9.17) is 19.7 Å². The zero-order valence-corrected chi connectivity index (χ0v) is 18.2. The Labute approximate surface area is 172 Å². The summed E-state index contributed by atoms with van der Waals surface area (Å²) in [5.41, 5.74) is -0.614. The number of ether oxygens (including phenoxy) is 2. The van der Waals surface area contributed by atoms with Crippen LogP contribution in [0.4, 0.5) is 4.39 Å².